The second-order valence-corrected chi connectivity index (χ2v) is 11.6. The Labute approximate surface area is 265 Å². The number of para-hydroxylation sites is 4. The molecule has 0 radical (unpaired) electrons. The van der Waals surface area contributed by atoms with Crippen molar-refractivity contribution in [1.82, 2.24) is 0 Å². The lowest BCUT2D eigenvalue weighted by molar-refractivity contribution is 0.670. The van der Waals surface area contributed by atoms with Gasteiger partial charge in [0.15, 0.2) is 0 Å². The van der Waals surface area contributed by atoms with Crippen LogP contribution in [0.2, 0.25) is 0 Å². The molecule has 0 atom stereocenters. The van der Waals surface area contributed by atoms with E-state index in [1.54, 1.807) is 0 Å². The maximum atomic E-state index is 9.98. The highest BCUT2D eigenvalue weighted by Crippen LogP contribution is 2.43. The van der Waals surface area contributed by atoms with Gasteiger partial charge in [0.05, 0.1) is 11.6 Å². The zero-order valence-corrected chi connectivity index (χ0v) is 24.7. The minimum absolute atomic E-state index is 0.644. The Kier molecular flexibility index (Phi) is 5.88. The number of rotatable bonds is 4. The molecule has 0 aliphatic rings. The van der Waals surface area contributed by atoms with Gasteiger partial charge in [0.1, 0.15) is 22.3 Å². The molecule has 2 heterocycles. The molecule has 0 saturated carbocycles. The summed E-state index contributed by atoms with van der Waals surface area (Å²) in [6, 6.07) is 54.3. The van der Waals surface area contributed by atoms with Crippen LogP contribution in [0.25, 0.3) is 88.4 Å². The summed E-state index contributed by atoms with van der Waals surface area (Å²) in [5, 5.41) is 14.3. The van der Waals surface area contributed by atoms with Crippen molar-refractivity contribution in [3.05, 3.63) is 157 Å². The zero-order chi connectivity index (χ0) is 30.6. The summed E-state index contributed by atoms with van der Waals surface area (Å²) in [7, 11) is 0. The molecule has 3 heteroatoms. The molecule has 214 valence electrons. The van der Waals surface area contributed by atoms with Gasteiger partial charge in [0.25, 0.3) is 0 Å². The first-order valence-corrected chi connectivity index (χ1v) is 15.3. The van der Waals surface area contributed by atoms with Crippen LogP contribution in [0, 0.1) is 11.3 Å². The lowest BCUT2D eigenvalue weighted by Crippen LogP contribution is -1.91. The smallest absolute Gasteiger partial charge is 0.143 e. The van der Waals surface area contributed by atoms with Crippen molar-refractivity contribution < 1.29 is 8.83 Å². The molecule has 9 rings (SSSR count). The third kappa shape index (κ3) is 4.05. The highest BCUT2D eigenvalue weighted by molar-refractivity contribution is 6.12. The van der Waals surface area contributed by atoms with Gasteiger partial charge in [-0.2, -0.15) is 5.26 Å². The first-order chi connectivity index (χ1) is 22.8. The molecule has 0 N–H and O–H groups in total. The lowest BCUT2D eigenvalue weighted by atomic mass is 9.88. The van der Waals surface area contributed by atoms with E-state index in [2.05, 4.69) is 91.0 Å². The number of fused-ring (bicyclic) bond motifs is 6. The summed E-state index contributed by atoms with van der Waals surface area (Å²) in [5.74, 6) is 0. The van der Waals surface area contributed by atoms with E-state index in [9.17, 15) is 5.26 Å². The summed E-state index contributed by atoms with van der Waals surface area (Å²) >= 11 is 0. The Balaban J connectivity index is 1.35. The summed E-state index contributed by atoms with van der Waals surface area (Å²) in [6.45, 7) is 0. The highest BCUT2D eigenvalue weighted by atomic mass is 16.3. The van der Waals surface area contributed by atoms with Crippen LogP contribution in [0.5, 0.6) is 0 Å². The SMILES string of the molecule is N#Cc1ccccc1-c1ccccc1-c1cc(-c2cccc3c2oc2ccccc23)cc(-c2cccc3c2oc2ccccc23)c1. The first-order valence-electron chi connectivity index (χ1n) is 15.3. The van der Waals surface area contributed by atoms with E-state index in [1.807, 2.05) is 66.7 Å². The Morgan fingerprint density at radius 3 is 1.35 bits per heavy atom. The molecule has 46 heavy (non-hydrogen) atoms. The fraction of sp³-hybridized carbons (Fsp3) is 0. The summed E-state index contributed by atoms with van der Waals surface area (Å²) < 4.78 is 13.0. The number of furan rings is 2. The minimum Gasteiger partial charge on any atom is -0.455 e. The third-order valence-electron chi connectivity index (χ3n) is 8.94. The quantitative estimate of drug-likeness (QED) is 0.206. The zero-order valence-electron chi connectivity index (χ0n) is 24.7. The summed E-state index contributed by atoms with van der Waals surface area (Å²) in [6.07, 6.45) is 0. The van der Waals surface area contributed by atoms with Gasteiger partial charge in [-0.15, -0.1) is 0 Å². The Hall–Kier alpha value is -6.37. The van der Waals surface area contributed by atoms with E-state index in [0.29, 0.717) is 5.56 Å². The molecule has 0 spiro atoms. The van der Waals surface area contributed by atoms with Gasteiger partial charge >= 0.3 is 0 Å². The first kappa shape index (κ1) is 26.1. The Morgan fingerprint density at radius 2 is 0.783 bits per heavy atom. The van der Waals surface area contributed by atoms with Crippen LogP contribution in [0.1, 0.15) is 5.56 Å². The monoisotopic (exact) mass is 587 g/mol. The lowest BCUT2D eigenvalue weighted by Gasteiger charge is -2.15. The van der Waals surface area contributed by atoms with Crippen LogP contribution >= 0.6 is 0 Å². The largest absolute Gasteiger partial charge is 0.455 e. The molecular formula is C43H25NO2. The van der Waals surface area contributed by atoms with Crippen molar-refractivity contribution in [3.63, 3.8) is 0 Å². The van der Waals surface area contributed by atoms with E-state index >= 15 is 0 Å². The van der Waals surface area contributed by atoms with Crippen LogP contribution in [0.15, 0.2) is 160 Å². The van der Waals surface area contributed by atoms with Crippen LogP contribution in [0.3, 0.4) is 0 Å². The molecule has 0 bridgehead atoms. The van der Waals surface area contributed by atoms with Gasteiger partial charge in [-0.05, 0) is 64.2 Å². The van der Waals surface area contributed by atoms with E-state index in [1.165, 1.54) is 0 Å². The molecular weight excluding hydrogens is 562 g/mol. The van der Waals surface area contributed by atoms with Gasteiger partial charge < -0.3 is 8.83 Å². The average Bonchev–Trinajstić information content (AvgIpc) is 3.70. The summed E-state index contributed by atoms with van der Waals surface area (Å²) in [5.41, 5.74) is 12.2. The van der Waals surface area contributed by atoms with E-state index < -0.39 is 0 Å². The number of hydrogen-bond acceptors (Lipinski definition) is 3. The normalized spacial score (nSPS) is 11.5. The van der Waals surface area contributed by atoms with Crippen molar-refractivity contribution in [1.29, 1.82) is 5.26 Å². The maximum absolute atomic E-state index is 9.98. The van der Waals surface area contributed by atoms with E-state index in [-0.39, 0.29) is 0 Å². The second-order valence-electron chi connectivity index (χ2n) is 11.6. The molecule has 0 unspecified atom stereocenters. The van der Waals surface area contributed by atoms with Crippen LogP contribution in [0.4, 0.5) is 0 Å². The van der Waals surface area contributed by atoms with E-state index in [0.717, 1.165) is 88.4 Å². The number of nitriles is 1. The van der Waals surface area contributed by atoms with Gasteiger partial charge in [0, 0.05) is 38.2 Å². The van der Waals surface area contributed by atoms with Crippen molar-refractivity contribution in [2.24, 2.45) is 0 Å². The molecule has 0 aliphatic carbocycles. The van der Waals surface area contributed by atoms with Crippen LogP contribution in [-0.2, 0) is 0 Å². The number of nitrogens with zero attached hydrogens (tertiary/aromatic N) is 1. The number of benzene rings is 7. The highest BCUT2D eigenvalue weighted by Gasteiger charge is 2.18. The molecule has 9 aromatic rings. The van der Waals surface area contributed by atoms with Crippen molar-refractivity contribution in [2.45, 2.75) is 0 Å². The van der Waals surface area contributed by atoms with Crippen molar-refractivity contribution >= 4 is 43.9 Å². The topological polar surface area (TPSA) is 50.1 Å². The van der Waals surface area contributed by atoms with Crippen LogP contribution in [-0.4, -0.2) is 0 Å². The molecule has 2 aromatic heterocycles. The fourth-order valence-corrected chi connectivity index (χ4v) is 6.83. The second kappa shape index (κ2) is 10.4. The average molecular weight is 588 g/mol. The van der Waals surface area contributed by atoms with Crippen molar-refractivity contribution in [3.8, 4) is 50.6 Å². The summed E-state index contributed by atoms with van der Waals surface area (Å²) in [4.78, 5) is 0. The Bertz CT molecular complexity index is 2530. The predicted octanol–water partition coefficient (Wildman–Crippen LogP) is 12.0. The van der Waals surface area contributed by atoms with E-state index in [4.69, 9.17) is 8.83 Å². The molecule has 0 aliphatic heterocycles. The third-order valence-corrected chi connectivity index (χ3v) is 8.94. The standard InChI is InChI=1S/C43H25NO2/c44-26-27-11-1-2-12-31(27)35-14-4-3-13-32(35)28-23-29(33-17-9-19-38-36-15-5-7-21-40(36)45-42(33)38)25-30(24-28)34-18-10-20-39-37-16-6-8-22-41(37)46-43(34)39/h1-25H. The molecule has 0 fully saturated rings. The van der Waals surface area contributed by atoms with Gasteiger partial charge in [0.2, 0.25) is 0 Å². The van der Waals surface area contributed by atoms with Crippen molar-refractivity contribution in [2.75, 3.05) is 0 Å². The molecule has 0 saturated heterocycles. The minimum atomic E-state index is 0.644. The van der Waals surface area contributed by atoms with Gasteiger partial charge in [-0.1, -0.05) is 115 Å². The molecule has 7 aromatic carbocycles. The number of hydrogen-bond donors (Lipinski definition) is 0. The van der Waals surface area contributed by atoms with Gasteiger partial charge in [-0.3, -0.25) is 0 Å². The van der Waals surface area contributed by atoms with Crippen LogP contribution < -0.4 is 0 Å². The molecule has 3 nitrogen and oxygen atoms in total. The predicted molar refractivity (Wildman–Crippen MR) is 187 cm³/mol. The fourth-order valence-electron chi connectivity index (χ4n) is 6.83. The molecule has 0 amide bonds. The maximum Gasteiger partial charge on any atom is 0.143 e. The van der Waals surface area contributed by atoms with Gasteiger partial charge in [-0.25, -0.2) is 0 Å². The Morgan fingerprint density at radius 1 is 0.370 bits per heavy atom.